The molecular weight excluding hydrogens is 666 g/mol. The Morgan fingerprint density at radius 3 is 1.48 bits per heavy atom. The van der Waals surface area contributed by atoms with Crippen LogP contribution in [0, 0.1) is 0 Å². The number of carbonyl (C=O) groups is 5. The molecule has 11 nitrogen and oxygen atoms in total. The molecule has 0 bridgehead atoms. The van der Waals surface area contributed by atoms with E-state index < -0.39 is 47.5 Å². The summed E-state index contributed by atoms with van der Waals surface area (Å²) >= 11 is 0. The normalized spacial score (nSPS) is 11.5. The molecule has 11 heteroatoms. The summed E-state index contributed by atoms with van der Waals surface area (Å²) in [6.45, 7) is 5.08. The fourth-order valence-electron chi connectivity index (χ4n) is 4.74. The van der Waals surface area contributed by atoms with Crippen molar-refractivity contribution in [1.82, 2.24) is 5.32 Å². The molecule has 0 aromatic heterocycles. The maximum absolute atomic E-state index is 13.1. The SMILES string of the molecule is CC(C)(C)OC(=O)[C@H](Cc1ccc(OC(C(=O)OCc2ccccc2)C(=O)OCc2ccccc2)cc1)NC(=O)CCC(=O)OCc1ccccc1. The fourth-order valence-corrected chi connectivity index (χ4v) is 4.74. The van der Waals surface area contributed by atoms with Crippen molar-refractivity contribution in [3.8, 4) is 5.75 Å². The van der Waals surface area contributed by atoms with E-state index in [2.05, 4.69) is 5.32 Å². The highest BCUT2D eigenvalue weighted by Gasteiger charge is 2.33. The summed E-state index contributed by atoms with van der Waals surface area (Å²) in [5.41, 5.74) is 2.07. The van der Waals surface area contributed by atoms with Gasteiger partial charge in [-0.3, -0.25) is 9.59 Å². The molecule has 0 radical (unpaired) electrons. The lowest BCUT2D eigenvalue weighted by atomic mass is 10.0. The number of ether oxygens (including phenoxy) is 5. The van der Waals surface area contributed by atoms with Gasteiger partial charge in [0.15, 0.2) is 0 Å². The van der Waals surface area contributed by atoms with Gasteiger partial charge in [0.25, 0.3) is 6.10 Å². The van der Waals surface area contributed by atoms with Crippen LogP contribution in [0.15, 0.2) is 115 Å². The van der Waals surface area contributed by atoms with Crippen LogP contribution < -0.4 is 10.1 Å². The van der Waals surface area contributed by atoms with Crippen LogP contribution in [0.4, 0.5) is 0 Å². The van der Waals surface area contributed by atoms with Gasteiger partial charge in [-0.2, -0.15) is 0 Å². The first-order valence-corrected chi connectivity index (χ1v) is 16.8. The molecule has 0 aliphatic heterocycles. The fraction of sp³-hybridized carbons (Fsp3) is 0.293. The number of carbonyl (C=O) groups excluding carboxylic acids is 5. The molecule has 1 amide bonds. The van der Waals surface area contributed by atoms with Crippen molar-refractivity contribution < 1.29 is 47.7 Å². The van der Waals surface area contributed by atoms with E-state index in [1.54, 1.807) is 81.4 Å². The lowest BCUT2D eigenvalue weighted by molar-refractivity contribution is -0.168. The van der Waals surface area contributed by atoms with Crippen LogP contribution in [-0.4, -0.2) is 47.5 Å². The minimum Gasteiger partial charge on any atom is -0.467 e. The molecule has 52 heavy (non-hydrogen) atoms. The third-order valence-electron chi connectivity index (χ3n) is 7.32. The molecule has 4 aromatic rings. The first kappa shape index (κ1) is 38.8. The maximum atomic E-state index is 13.1. The standard InChI is InChI=1S/C41H43NO10/c1-41(2,3)52-38(45)34(42-35(43)23-24-36(44)48-26-30-13-7-4-8-14-30)25-29-19-21-33(22-20-29)51-37(39(46)49-27-31-15-9-5-10-16-31)40(47)50-28-32-17-11-6-12-18-32/h4-22,34,37H,23-28H2,1-3H3,(H,42,43)/t34-/m0/s1. The highest BCUT2D eigenvalue weighted by molar-refractivity contribution is 5.98. The highest BCUT2D eigenvalue weighted by Crippen LogP contribution is 2.19. The average Bonchev–Trinajstić information content (AvgIpc) is 3.14. The molecule has 4 rings (SSSR count). The van der Waals surface area contributed by atoms with Gasteiger partial charge in [0, 0.05) is 12.8 Å². The van der Waals surface area contributed by atoms with Gasteiger partial charge in [0.05, 0.1) is 6.42 Å². The molecule has 4 aromatic carbocycles. The van der Waals surface area contributed by atoms with Crippen molar-refractivity contribution in [3.05, 3.63) is 138 Å². The third-order valence-corrected chi connectivity index (χ3v) is 7.32. The number of hydrogen-bond acceptors (Lipinski definition) is 10. The minimum atomic E-state index is -1.72. The van der Waals surface area contributed by atoms with Crippen molar-refractivity contribution in [1.29, 1.82) is 0 Å². The molecule has 1 N–H and O–H groups in total. The Balaban J connectivity index is 1.39. The zero-order chi connectivity index (χ0) is 37.3. The molecule has 0 saturated carbocycles. The average molecular weight is 710 g/mol. The Morgan fingerprint density at radius 1 is 0.558 bits per heavy atom. The molecule has 0 spiro atoms. The predicted octanol–water partition coefficient (Wildman–Crippen LogP) is 5.81. The predicted molar refractivity (Wildman–Crippen MR) is 190 cm³/mol. The van der Waals surface area contributed by atoms with Gasteiger partial charge in [-0.15, -0.1) is 0 Å². The molecule has 0 aliphatic carbocycles. The largest absolute Gasteiger partial charge is 0.467 e. The second kappa shape index (κ2) is 19.4. The summed E-state index contributed by atoms with van der Waals surface area (Å²) in [4.78, 5) is 64.4. The van der Waals surface area contributed by atoms with Crippen molar-refractivity contribution in [2.75, 3.05) is 0 Å². The summed E-state index contributed by atoms with van der Waals surface area (Å²) in [5, 5.41) is 2.67. The first-order chi connectivity index (χ1) is 24.9. The molecule has 0 unspecified atom stereocenters. The van der Waals surface area contributed by atoms with Crippen LogP contribution >= 0.6 is 0 Å². The molecular formula is C41H43NO10. The number of benzene rings is 4. The minimum absolute atomic E-state index is 0.0427. The van der Waals surface area contributed by atoms with Crippen molar-refractivity contribution in [2.24, 2.45) is 0 Å². The van der Waals surface area contributed by atoms with Gasteiger partial charge in [-0.25, -0.2) is 14.4 Å². The maximum Gasteiger partial charge on any atom is 0.359 e. The van der Waals surface area contributed by atoms with E-state index in [0.717, 1.165) is 16.7 Å². The smallest absolute Gasteiger partial charge is 0.359 e. The van der Waals surface area contributed by atoms with E-state index in [1.807, 2.05) is 42.5 Å². The second-order valence-corrected chi connectivity index (χ2v) is 12.8. The quantitative estimate of drug-likeness (QED) is 0.0810. The highest BCUT2D eigenvalue weighted by atomic mass is 16.6. The Bertz CT molecular complexity index is 1700. The van der Waals surface area contributed by atoms with Gasteiger partial charge in [-0.1, -0.05) is 103 Å². The molecule has 0 fully saturated rings. The van der Waals surface area contributed by atoms with Crippen LogP contribution in [-0.2, 0) is 69.2 Å². The molecule has 0 heterocycles. The van der Waals surface area contributed by atoms with E-state index in [9.17, 15) is 24.0 Å². The van der Waals surface area contributed by atoms with Crippen molar-refractivity contribution in [2.45, 2.75) is 77.6 Å². The van der Waals surface area contributed by atoms with Crippen LogP contribution in [0.25, 0.3) is 0 Å². The number of amides is 1. The zero-order valence-electron chi connectivity index (χ0n) is 29.4. The van der Waals surface area contributed by atoms with Crippen LogP contribution in [0.5, 0.6) is 5.75 Å². The van der Waals surface area contributed by atoms with Gasteiger partial charge in [0.1, 0.15) is 37.2 Å². The van der Waals surface area contributed by atoms with Crippen molar-refractivity contribution >= 4 is 29.8 Å². The summed E-state index contributed by atoms with van der Waals surface area (Å²) in [6, 6.07) is 32.4. The van der Waals surface area contributed by atoms with E-state index in [4.69, 9.17) is 23.7 Å². The summed E-state index contributed by atoms with van der Waals surface area (Å²) < 4.78 is 27.4. The Hall–Kier alpha value is -5.97. The van der Waals surface area contributed by atoms with Crippen LogP contribution in [0.3, 0.4) is 0 Å². The zero-order valence-corrected chi connectivity index (χ0v) is 29.4. The lowest BCUT2D eigenvalue weighted by Crippen LogP contribution is -2.45. The van der Waals surface area contributed by atoms with E-state index in [-0.39, 0.29) is 44.8 Å². The number of esters is 4. The van der Waals surface area contributed by atoms with Crippen LogP contribution in [0.1, 0.15) is 55.9 Å². The van der Waals surface area contributed by atoms with E-state index >= 15 is 0 Å². The Morgan fingerprint density at radius 2 is 1.02 bits per heavy atom. The van der Waals surface area contributed by atoms with E-state index in [0.29, 0.717) is 5.56 Å². The molecule has 272 valence electrons. The number of nitrogens with one attached hydrogen (secondary N) is 1. The lowest BCUT2D eigenvalue weighted by Gasteiger charge is -2.25. The van der Waals surface area contributed by atoms with Gasteiger partial charge in [-0.05, 0) is 55.2 Å². The summed E-state index contributed by atoms with van der Waals surface area (Å²) in [5.74, 6) is -3.43. The number of hydrogen-bond donors (Lipinski definition) is 1. The second-order valence-electron chi connectivity index (χ2n) is 12.8. The monoisotopic (exact) mass is 709 g/mol. The molecule has 0 saturated heterocycles. The molecule has 1 atom stereocenters. The van der Waals surface area contributed by atoms with E-state index in [1.165, 1.54) is 12.1 Å². The van der Waals surface area contributed by atoms with Crippen LogP contribution in [0.2, 0.25) is 0 Å². The summed E-state index contributed by atoms with van der Waals surface area (Å²) in [6.07, 6.45) is -2.04. The first-order valence-electron chi connectivity index (χ1n) is 16.8. The van der Waals surface area contributed by atoms with Gasteiger partial charge < -0.3 is 29.0 Å². The topological polar surface area (TPSA) is 144 Å². The molecule has 0 aliphatic rings. The third kappa shape index (κ3) is 13.7. The van der Waals surface area contributed by atoms with Gasteiger partial charge >= 0.3 is 23.9 Å². The number of rotatable bonds is 17. The summed E-state index contributed by atoms with van der Waals surface area (Å²) in [7, 11) is 0. The Kier molecular flexibility index (Phi) is 14.5. The van der Waals surface area contributed by atoms with Crippen molar-refractivity contribution in [3.63, 3.8) is 0 Å². The Labute approximate surface area is 303 Å². The van der Waals surface area contributed by atoms with Gasteiger partial charge in [0.2, 0.25) is 5.91 Å².